The molecule has 2 aliphatic rings. The standard InChI is InChI=1S/C31H17ClOS/c32-25-13-7-14-26-30(25)20-16-29-24(17-27(20)33-26)31(23-12-5-6-15-28(23)34-29)21-10-3-1-8-18(21)19-9-2-4-11-22(19)31/h1-17H. The molecule has 1 nitrogen and oxygen atoms in total. The van der Waals surface area contributed by atoms with E-state index in [-0.39, 0.29) is 5.41 Å². The fourth-order valence-corrected chi connectivity index (χ4v) is 7.61. The second kappa shape index (κ2) is 6.56. The first kappa shape index (κ1) is 18.9. The molecular weight excluding hydrogens is 456 g/mol. The first-order valence-electron chi connectivity index (χ1n) is 11.4. The van der Waals surface area contributed by atoms with Crippen LogP contribution in [0.25, 0.3) is 33.1 Å². The first-order valence-corrected chi connectivity index (χ1v) is 12.6. The highest BCUT2D eigenvalue weighted by Gasteiger charge is 2.50. The van der Waals surface area contributed by atoms with Crippen LogP contribution in [0.5, 0.6) is 0 Å². The van der Waals surface area contributed by atoms with E-state index in [4.69, 9.17) is 16.0 Å². The third-order valence-electron chi connectivity index (χ3n) is 7.41. The van der Waals surface area contributed by atoms with Gasteiger partial charge in [-0.05, 0) is 63.7 Å². The summed E-state index contributed by atoms with van der Waals surface area (Å²) in [6.07, 6.45) is 0. The van der Waals surface area contributed by atoms with E-state index in [1.54, 1.807) is 0 Å². The smallest absolute Gasteiger partial charge is 0.136 e. The van der Waals surface area contributed by atoms with E-state index in [2.05, 4.69) is 84.9 Å². The van der Waals surface area contributed by atoms with E-state index in [9.17, 15) is 0 Å². The predicted octanol–water partition coefficient (Wildman–Crippen LogP) is 9.07. The fourth-order valence-electron chi connectivity index (χ4n) is 6.13. The quantitative estimate of drug-likeness (QED) is 0.218. The molecule has 3 heteroatoms. The van der Waals surface area contributed by atoms with Crippen molar-refractivity contribution in [2.24, 2.45) is 0 Å². The Kier molecular flexibility index (Phi) is 3.65. The molecule has 0 N–H and O–H groups in total. The van der Waals surface area contributed by atoms with Gasteiger partial charge < -0.3 is 4.42 Å². The summed E-state index contributed by atoms with van der Waals surface area (Å²) in [5.74, 6) is 0. The number of hydrogen-bond donors (Lipinski definition) is 0. The Balaban J connectivity index is 1.58. The molecule has 1 aliphatic carbocycles. The van der Waals surface area contributed by atoms with Gasteiger partial charge >= 0.3 is 0 Å². The van der Waals surface area contributed by atoms with Gasteiger partial charge in [0.2, 0.25) is 0 Å². The zero-order valence-electron chi connectivity index (χ0n) is 18.0. The molecule has 160 valence electrons. The van der Waals surface area contributed by atoms with Crippen LogP contribution in [0.4, 0.5) is 0 Å². The molecule has 0 amide bonds. The average Bonchev–Trinajstić information content (AvgIpc) is 3.38. The van der Waals surface area contributed by atoms with E-state index in [0.717, 1.165) is 27.0 Å². The molecule has 0 unspecified atom stereocenters. The van der Waals surface area contributed by atoms with Crippen molar-refractivity contribution < 1.29 is 4.42 Å². The van der Waals surface area contributed by atoms with E-state index < -0.39 is 0 Å². The Morgan fingerprint density at radius 2 is 1.26 bits per heavy atom. The lowest BCUT2D eigenvalue weighted by atomic mass is 9.67. The van der Waals surface area contributed by atoms with Crippen LogP contribution in [0.1, 0.15) is 22.3 Å². The van der Waals surface area contributed by atoms with Crippen molar-refractivity contribution in [1.29, 1.82) is 0 Å². The summed E-state index contributed by atoms with van der Waals surface area (Å²) in [6, 6.07) is 37.0. The number of hydrogen-bond acceptors (Lipinski definition) is 2. The summed E-state index contributed by atoms with van der Waals surface area (Å²) < 4.78 is 6.37. The van der Waals surface area contributed by atoms with Gasteiger partial charge in [-0.1, -0.05) is 96.2 Å². The average molecular weight is 473 g/mol. The van der Waals surface area contributed by atoms with Crippen LogP contribution in [0.15, 0.2) is 117 Å². The molecule has 5 aromatic carbocycles. The third kappa shape index (κ3) is 2.18. The van der Waals surface area contributed by atoms with Crippen molar-refractivity contribution in [3.8, 4) is 11.1 Å². The molecule has 0 fully saturated rings. The van der Waals surface area contributed by atoms with Gasteiger partial charge in [-0.2, -0.15) is 0 Å². The molecule has 2 heterocycles. The third-order valence-corrected chi connectivity index (χ3v) is 8.86. The van der Waals surface area contributed by atoms with Gasteiger partial charge in [-0.3, -0.25) is 0 Å². The molecule has 6 aromatic rings. The zero-order valence-corrected chi connectivity index (χ0v) is 19.6. The number of halogens is 1. The maximum absolute atomic E-state index is 6.63. The minimum Gasteiger partial charge on any atom is -0.456 e. The zero-order chi connectivity index (χ0) is 22.4. The number of fused-ring (bicyclic) bond motifs is 12. The second-order valence-corrected chi connectivity index (χ2v) is 10.5. The number of benzene rings is 5. The Bertz CT molecular complexity index is 1770. The van der Waals surface area contributed by atoms with E-state index in [1.165, 1.54) is 43.2 Å². The van der Waals surface area contributed by atoms with Gasteiger partial charge in [0.15, 0.2) is 0 Å². The van der Waals surface area contributed by atoms with Crippen molar-refractivity contribution in [2.45, 2.75) is 15.2 Å². The van der Waals surface area contributed by atoms with E-state index >= 15 is 0 Å². The summed E-state index contributed by atoms with van der Waals surface area (Å²) in [6.45, 7) is 0. The molecule has 1 aliphatic heterocycles. The molecule has 0 atom stereocenters. The highest BCUT2D eigenvalue weighted by molar-refractivity contribution is 7.99. The molecule has 0 saturated carbocycles. The molecule has 1 spiro atoms. The van der Waals surface area contributed by atoms with Crippen LogP contribution < -0.4 is 0 Å². The maximum Gasteiger partial charge on any atom is 0.136 e. The summed E-state index contributed by atoms with van der Waals surface area (Å²) in [7, 11) is 0. The normalized spacial score (nSPS) is 14.7. The Labute approximate surface area is 206 Å². The molecule has 0 bridgehead atoms. The minimum absolute atomic E-state index is 0.388. The highest BCUT2D eigenvalue weighted by atomic mass is 35.5. The van der Waals surface area contributed by atoms with Crippen molar-refractivity contribution in [3.05, 3.63) is 130 Å². The summed E-state index contributed by atoms with van der Waals surface area (Å²) >= 11 is 8.47. The van der Waals surface area contributed by atoms with E-state index in [1.807, 2.05) is 30.0 Å². The van der Waals surface area contributed by atoms with Crippen molar-refractivity contribution >= 4 is 45.3 Å². The van der Waals surface area contributed by atoms with Crippen molar-refractivity contribution in [2.75, 3.05) is 0 Å². The molecule has 34 heavy (non-hydrogen) atoms. The lowest BCUT2D eigenvalue weighted by molar-refractivity contribution is 0.662. The lowest BCUT2D eigenvalue weighted by Gasteiger charge is -2.39. The Morgan fingerprint density at radius 3 is 2.03 bits per heavy atom. The van der Waals surface area contributed by atoms with Gasteiger partial charge in [0.1, 0.15) is 11.2 Å². The fraction of sp³-hybridized carbons (Fsp3) is 0.0323. The lowest BCUT2D eigenvalue weighted by Crippen LogP contribution is -2.31. The minimum atomic E-state index is -0.388. The predicted molar refractivity (Wildman–Crippen MR) is 140 cm³/mol. The van der Waals surface area contributed by atoms with Crippen molar-refractivity contribution in [1.82, 2.24) is 0 Å². The summed E-state index contributed by atoms with van der Waals surface area (Å²) in [5.41, 5.74) is 9.20. The van der Waals surface area contributed by atoms with Gasteiger partial charge in [0, 0.05) is 20.6 Å². The van der Waals surface area contributed by atoms with Crippen LogP contribution >= 0.6 is 23.4 Å². The molecular formula is C31H17ClOS. The largest absolute Gasteiger partial charge is 0.456 e. The molecule has 0 radical (unpaired) electrons. The monoisotopic (exact) mass is 472 g/mol. The topological polar surface area (TPSA) is 13.1 Å². The Hall–Kier alpha value is -3.46. The Morgan fingerprint density at radius 1 is 0.588 bits per heavy atom. The van der Waals surface area contributed by atoms with Crippen LogP contribution in [-0.4, -0.2) is 0 Å². The molecule has 0 saturated heterocycles. The van der Waals surface area contributed by atoms with Gasteiger partial charge in [0.25, 0.3) is 0 Å². The van der Waals surface area contributed by atoms with Gasteiger partial charge in [-0.15, -0.1) is 0 Å². The summed E-state index contributed by atoms with van der Waals surface area (Å²) in [5, 5.41) is 2.78. The highest BCUT2D eigenvalue weighted by Crippen LogP contribution is 2.62. The second-order valence-electron chi connectivity index (χ2n) is 9.00. The van der Waals surface area contributed by atoms with E-state index in [0.29, 0.717) is 0 Å². The number of rotatable bonds is 0. The maximum atomic E-state index is 6.63. The van der Waals surface area contributed by atoms with Crippen LogP contribution in [0.3, 0.4) is 0 Å². The van der Waals surface area contributed by atoms with Gasteiger partial charge in [-0.25, -0.2) is 0 Å². The van der Waals surface area contributed by atoms with Crippen molar-refractivity contribution in [3.63, 3.8) is 0 Å². The molecule has 1 aromatic heterocycles. The first-order chi connectivity index (χ1) is 16.8. The number of furan rings is 1. The van der Waals surface area contributed by atoms with Crippen LogP contribution in [0.2, 0.25) is 5.02 Å². The van der Waals surface area contributed by atoms with Crippen LogP contribution in [-0.2, 0) is 5.41 Å². The van der Waals surface area contributed by atoms with Crippen LogP contribution in [0, 0.1) is 0 Å². The SMILES string of the molecule is Clc1cccc2oc3cc4c(cc3c12)Sc1ccccc1C41c2ccccc2-c2ccccc21. The molecule has 8 rings (SSSR count). The summed E-state index contributed by atoms with van der Waals surface area (Å²) in [4.78, 5) is 2.54. The van der Waals surface area contributed by atoms with Gasteiger partial charge in [0.05, 0.1) is 10.4 Å².